The molecule has 0 atom stereocenters. The van der Waals surface area contributed by atoms with Gasteiger partial charge in [-0.3, -0.25) is 0 Å². The van der Waals surface area contributed by atoms with Crippen molar-refractivity contribution in [3.05, 3.63) is 206 Å². The van der Waals surface area contributed by atoms with Crippen LogP contribution in [0.4, 0.5) is 0 Å². The maximum Gasteiger partial charge on any atom is 0.160 e. The lowest BCUT2D eigenvalue weighted by Crippen LogP contribution is -1.96. The summed E-state index contributed by atoms with van der Waals surface area (Å²) in [4.78, 5) is 20.7. The second-order valence-electron chi connectivity index (χ2n) is 13.9. The molecule has 0 fully saturated rings. The molecule has 4 heteroatoms. The first kappa shape index (κ1) is 33.0. The molecule has 4 nitrogen and oxygen atoms in total. The Morgan fingerprint density at radius 3 is 1.39 bits per heavy atom. The fourth-order valence-corrected chi connectivity index (χ4v) is 7.41. The molecular weight excluding hydrogens is 681 g/mol. The molecule has 0 spiro atoms. The van der Waals surface area contributed by atoms with E-state index in [4.69, 9.17) is 19.9 Å². The van der Waals surface area contributed by atoms with Gasteiger partial charge in [0.05, 0.1) is 22.6 Å². The summed E-state index contributed by atoms with van der Waals surface area (Å²) < 4.78 is 0. The van der Waals surface area contributed by atoms with Crippen molar-refractivity contribution in [3.8, 4) is 78.8 Å². The van der Waals surface area contributed by atoms with E-state index >= 15 is 0 Å². The average molecular weight is 715 g/mol. The van der Waals surface area contributed by atoms with E-state index in [1.54, 1.807) is 0 Å². The van der Waals surface area contributed by atoms with Crippen LogP contribution in [-0.2, 0) is 0 Å². The Labute approximate surface area is 325 Å². The van der Waals surface area contributed by atoms with E-state index in [1.165, 1.54) is 11.1 Å². The molecule has 262 valence electrons. The van der Waals surface area contributed by atoms with Crippen LogP contribution in [0.1, 0.15) is 0 Å². The first-order valence-electron chi connectivity index (χ1n) is 18.8. The van der Waals surface area contributed by atoms with Gasteiger partial charge < -0.3 is 0 Å². The number of nitrogens with zero attached hydrogens (tertiary/aromatic N) is 4. The molecule has 56 heavy (non-hydrogen) atoms. The second-order valence-corrected chi connectivity index (χ2v) is 13.9. The summed E-state index contributed by atoms with van der Waals surface area (Å²) in [6, 6.07) is 71.6. The van der Waals surface area contributed by atoms with E-state index in [0.29, 0.717) is 11.6 Å². The topological polar surface area (TPSA) is 51.6 Å². The third-order valence-electron chi connectivity index (χ3n) is 10.3. The molecule has 0 radical (unpaired) electrons. The number of hydrogen-bond acceptors (Lipinski definition) is 4. The van der Waals surface area contributed by atoms with Gasteiger partial charge in [0.25, 0.3) is 0 Å². The first-order chi connectivity index (χ1) is 27.7. The fourth-order valence-electron chi connectivity index (χ4n) is 7.41. The third kappa shape index (κ3) is 6.40. The highest BCUT2D eigenvalue weighted by atomic mass is 14.9. The Balaban J connectivity index is 1.09. The smallest absolute Gasteiger partial charge is 0.160 e. The normalized spacial score (nSPS) is 11.2. The number of aromatic nitrogens is 4. The van der Waals surface area contributed by atoms with E-state index in [0.717, 1.165) is 77.7 Å². The average Bonchev–Trinajstić information content (AvgIpc) is 3.29. The molecule has 0 N–H and O–H groups in total. The van der Waals surface area contributed by atoms with E-state index < -0.39 is 0 Å². The maximum atomic E-state index is 5.23. The summed E-state index contributed by atoms with van der Waals surface area (Å²) in [5.74, 6) is 1.38. The molecule has 0 amide bonds. The molecule has 2 aromatic heterocycles. The van der Waals surface area contributed by atoms with Crippen LogP contribution in [0.2, 0.25) is 0 Å². The number of fused-ring (bicyclic) bond motifs is 3. The Hall–Kier alpha value is -7.56. The van der Waals surface area contributed by atoms with Crippen LogP contribution < -0.4 is 0 Å². The van der Waals surface area contributed by atoms with Gasteiger partial charge in [0.1, 0.15) is 0 Å². The minimum Gasteiger partial charge on any atom is -0.228 e. The molecule has 0 saturated carbocycles. The predicted octanol–water partition coefficient (Wildman–Crippen LogP) is 13.2. The Bertz CT molecular complexity index is 2980. The van der Waals surface area contributed by atoms with Gasteiger partial charge in [0.15, 0.2) is 11.6 Å². The number of rotatable bonds is 7. The predicted molar refractivity (Wildman–Crippen MR) is 231 cm³/mol. The van der Waals surface area contributed by atoms with Gasteiger partial charge >= 0.3 is 0 Å². The summed E-state index contributed by atoms with van der Waals surface area (Å²) in [6.07, 6.45) is 0. The summed E-state index contributed by atoms with van der Waals surface area (Å²) >= 11 is 0. The quantitative estimate of drug-likeness (QED) is 0.154. The molecule has 0 aliphatic heterocycles. The van der Waals surface area contributed by atoms with Gasteiger partial charge in [-0.1, -0.05) is 182 Å². The van der Waals surface area contributed by atoms with Crippen molar-refractivity contribution in [3.63, 3.8) is 0 Å². The molecule has 0 aliphatic rings. The number of hydrogen-bond donors (Lipinski definition) is 0. The largest absolute Gasteiger partial charge is 0.228 e. The van der Waals surface area contributed by atoms with Gasteiger partial charge in [0, 0.05) is 38.6 Å². The van der Waals surface area contributed by atoms with E-state index in [9.17, 15) is 0 Å². The second kappa shape index (κ2) is 14.3. The van der Waals surface area contributed by atoms with Gasteiger partial charge in [-0.25, -0.2) is 19.9 Å². The van der Waals surface area contributed by atoms with Crippen LogP contribution in [-0.4, -0.2) is 19.9 Å². The van der Waals surface area contributed by atoms with Crippen molar-refractivity contribution in [2.24, 2.45) is 0 Å². The molecule has 10 aromatic rings. The lowest BCUT2D eigenvalue weighted by Gasteiger charge is -2.13. The van der Waals surface area contributed by atoms with Crippen LogP contribution >= 0.6 is 0 Å². The highest BCUT2D eigenvalue weighted by molar-refractivity contribution is 6.10. The van der Waals surface area contributed by atoms with Gasteiger partial charge in [-0.05, 0) is 51.9 Å². The highest BCUT2D eigenvalue weighted by Gasteiger charge is 2.16. The van der Waals surface area contributed by atoms with E-state index in [1.807, 2.05) is 48.5 Å². The van der Waals surface area contributed by atoms with E-state index in [-0.39, 0.29) is 0 Å². The zero-order valence-corrected chi connectivity index (χ0v) is 30.4. The molecule has 0 bridgehead atoms. The lowest BCUT2D eigenvalue weighted by molar-refractivity contribution is 1.18. The Kier molecular flexibility index (Phi) is 8.47. The van der Waals surface area contributed by atoms with Gasteiger partial charge in [0.2, 0.25) is 0 Å². The molecule has 8 aromatic carbocycles. The van der Waals surface area contributed by atoms with Crippen LogP contribution in [0.5, 0.6) is 0 Å². The van der Waals surface area contributed by atoms with Crippen LogP contribution in [0.3, 0.4) is 0 Å². The Morgan fingerprint density at radius 2 is 0.714 bits per heavy atom. The third-order valence-corrected chi connectivity index (χ3v) is 10.3. The van der Waals surface area contributed by atoms with Gasteiger partial charge in [-0.2, -0.15) is 0 Å². The lowest BCUT2D eigenvalue weighted by atomic mass is 9.96. The van der Waals surface area contributed by atoms with Crippen molar-refractivity contribution in [1.82, 2.24) is 19.9 Å². The SMILES string of the molecule is c1ccc(-c2ccc(-c3cc(-c4ccccc4)nc(-c4cccc(-c5ccc6ccc7c(-c8ccccc8)nc(-c8ccccc8)nc7c6c5)c4)n3)cc2)cc1. The zero-order valence-electron chi connectivity index (χ0n) is 30.4. The van der Waals surface area contributed by atoms with Crippen LogP contribution in [0.25, 0.3) is 100 Å². The molecule has 0 unspecified atom stereocenters. The number of benzene rings is 8. The molecule has 2 heterocycles. The summed E-state index contributed by atoms with van der Waals surface area (Å²) in [6.45, 7) is 0. The minimum atomic E-state index is 0.675. The molecule has 0 aliphatic carbocycles. The Morgan fingerprint density at radius 1 is 0.250 bits per heavy atom. The highest BCUT2D eigenvalue weighted by Crippen LogP contribution is 2.36. The summed E-state index contributed by atoms with van der Waals surface area (Å²) in [5.41, 5.74) is 13.2. The summed E-state index contributed by atoms with van der Waals surface area (Å²) in [7, 11) is 0. The van der Waals surface area contributed by atoms with Crippen molar-refractivity contribution in [2.75, 3.05) is 0 Å². The van der Waals surface area contributed by atoms with Crippen LogP contribution in [0.15, 0.2) is 206 Å². The maximum absolute atomic E-state index is 5.23. The van der Waals surface area contributed by atoms with Crippen molar-refractivity contribution in [2.45, 2.75) is 0 Å². The fraction of sp³-hybridized carbons (Fsp3) is 0. The van der Waals surface area contributed by atoms with Crippen molar-refractivity contribution in [1.29, 1.82) is 0 Å². The zero-order chi connectivity index (χ0) is 37.3. The van der Waals surface area contributed by atoms with Crippen molar-refractivity contribution >= 4 is 21.7 Å². The molecule has 10 rings (SSSR count). The van der Waals surface area contributed by atoms with E-state index in [2.05, 4.69) is 158 Å². The van der Waals surface area contributed by atoms with Crippen molar-refractivity contribution < 1.29 is 0 Å². The standard InChI is InChI=1S/C52H34N4/c1-5-14-35(15-6-1)36-24-27-39(28-25-36)48-34-47(38-16-7-2-8-17-38)53-52(54-48)44-23-13-22-42(32-44)43-29-26-37-30-31-45-49(40-18-9-3-10-19-40)55-51(41-20-11-4-12-21-41)56-50(45)46(37)33-43/h1-34H. The van der Waals surface area contributed by atoms with Gasteiger partial charge in [-0.15, -0.1) is 0 Å². The monoisotopic (exact) mass is 714 g/mol. The molecular formula is C52H34N4. The minimum absolute atomic E-state index is 0.675. The summed E-state index contributed by atoms with van der Waals surface area (Å²) in [5, 5.41) is 3.21. The molecule has 0 saturated heterocycles. The first-order valence-corrected chi connectivity index (χ1v) is 18.8. The van der Waals surface area contributed by atoms with Crippen LogP contribution in [0, 0.1) is 0 Å².